The Morgan fingerprint density at radius 1 is 0.767 bits per heavy atom. The molecule has 30 heavy (non-hydrogen) atoms. The number of hydrogen-bond donors (Lipinski definition) is 0. The Balaban J connectivity index is 1.64. The molecule has 1 aliphatic rings. The molecule has 0 saturated carbocycles. The fraction of sp³-hybridized carbons (Fsp3) is 0.280. The van der Waals surface area contributed by atoms with Gasteiger partial charge in [0.2, 0.25) is 0 Å². The molecule has 0 fully saturated rings. The molecule has 0 nitrogen and oxygen atoms in total. The quantitative estimate of drug-likeness (QED) is 0.229. The lowest BCUT2D eigenvalue weighted by Crippen LogP contribution is -2.11. The summed E-state index contributed by atoms with van der Waals surface area (Å²) in [5, 5.41) is 0. The minimum Gasteiger partial charge on any atom is -0.206 e. The minimum absolute atomic E-state index is 0.0945. The van der Waals surface area contributed by atoms with Crippen LogP contribution in [0, 0.1) is 11.6 Å². The number of hydrogen-bond acceptors (Lipinski definition) is 0. The van der Waals surface area contributed by atoms with Crippen molar-refractivity contribution in [2.75, 3.05) is 0 Å². The smallest absolute Gasteiger partial charge is 0.206 e. The maximum atomic E-state index is 14.0. The second-order valence-corrected chi connectivity index (χ2v) is 7.81. The van der Waals surface area contributed by atoms with Gasteiger partial charge in [0.25, 0.3) is 0 Å². The Kier molecular flexibility index (Phi) is 5.39. The van der Waals surface area contributed by atoms with Gasteiger partial charge in [-0.25, -0.2) is 8.78 Å². The van der Waals surface area contributed by atoms with Crippen molar-refractivity contribution in [3.63, 3.8) is 0 Å². The van der Waals surface area contributed by atoms with Gasteiger partial charge in [0.1, 0.15) is 17.2 Å². The van der Waals surface area contributed by atoms with Gasteiger partial charge in [-0.1, -0.05) is 56.2 Å². The fourth-order valence-electron chi connectivity index (χ4n) is 4.19. The molecule has 3 aromatic carbocycles. The number of alkyl halides is 3. The summed E-state index contributed by atoms with van der Waals surface area (Å²) in [5.74, 6) is -3.20. The summed E-state index contributed by atoms with van der Waals surface area (Å²) < 4.78 is 66.5. The molecule has 0 unspecified atom stereocenters. The van der Waals surface area contributed by atoms with Crippen LogP contribution in [-0.4, -0.2) is 0 Å². The van der Waals surface area contributed by atoms with E-state index in [2.05, 4.69) is 25.1 Å². The molecule has 0 amide bonds. The Morgan fingerprint density at radius 3 is 2.03 bits per heavy atom. The van der Waals surface area contributed by atoms with E-state index in [0.29, 0.717) is 12.0 Å². The zero-order valence-electron chi connectivity index (χ0n) is 16.5. The summed E-state index contributed by atoms with van der Waals surface area (Å²) in [7, 11) is 0. The molecule has 1 aliphatic carbocycles. The standard InChI is InChI=1S/C25H21F5/c1-2-3-4-5-15-6-8-20-18(10-15)12-19-11-16(7-9-21(19)20)17-13-22(26)24(23(27)14-17)25(28,29)30/h6-11,13-14H,2-5,12H2,1H3. The van der Waals surface area contributed by atoms with Crippen molar-refractivity contribution in [1.29, 1.82) is 0 Å². The van der Waals surface area contributed by atoms with E-state index in [0.717, 1.165) is 41.7 Å². The number of fused-ring (bicyclic) bond motifs is 3. The number of halogens is 5. The molecule has 0 saturated heterocycles. The molecule has 5 heteroatoms. The Morgan fingerprint density at radius 2 is 1.40 bits per heavy atom. The van der Waals surface area contributed by atoms with E-state index in [9.17, 15) is 22.0 Å². The van der Waals surface area contributed by atoms with Crippen LogP contribution in [0.4, 0.5) is 22.0 Å². The lowest BCUT2D eigenvalue weighted by atomic mass is 9.97. The van der Waals surface area contributed by atoms with Crippen molar-refractivity contribution in [2.24, 2.45) is 0 Å². The highest BCUT2D eigenvalue weighted by atomic mass is 19.4. The van der Waals surface area contributed by atoms with Crippen molar-refractivity contribution in [2.45, 2.75) is 45.2 Å². The van der Waals surface area contributed by atoms with Gasteiger partial charge in [0.05, 0.1) is 0 Å². The van der Waals surface area contributed by atoms with Crippen LogP contribution >= 0.6 is 0 Å². The molecule has 3 aromatic rings. The van der Waals surface area contributed by atoms with Crippen LogP contribution in [0.3, 0.4) is 0 Å². The summed E-state index contributed by atoms with van der Waals surface area (Å²) in [6.07, 6.45) is 0.183. The van der Waals surface area contributed by atoms with Crippen molar-refractivity contribution in [1.82, 2.24) is 0 Å². The van der Waals surface area contributed by atoms with Crippen LogP contribution < -0.4 is 0 Å². The maximum absolute atomic E-state index is 14.0. The second-order valence-electron chi connectivity index (χ2n) is 7.81. The van der Waals surface area contributed by atoms with E-state index in [1.54, 1.807) is 6.07 Å². The first-order valence-electron chi connectivity index (χ1n) is 10.1. The van der Waals surface area contributed by atoms with Crippen molar-refractivity contribution >= 4 is 0 Å². The number of aryl methyl sites for hydroxylation is 1. The molecule has 0 aromatic heterocycles. The average Bonchev–Trinajstić information content (AvgIpc) is 3.03. The van der Waals surface area contributed by atoms with Crippen LogP contribution in [0.5, 0.6) is 0 Å². The third-order valence-electron chi connectivity index (χ3n) is 5.67. The lowest BCUT2D eigenvalue weighted by molar-refractivity contribution is -0.142. The van der Waals surface area contributed by atoms with E-state index in [-0.39, 0.29) is 5.56 Å². The molecule has 0 radical (unpaired) electrons. The Bertz CT molecular complexity index is 1070. The first-order chi connectivity index (χ1) is 14.3. The topological polar surface area (TPSA) is 0 Å². The summed E-state index contributed by atoms with van der Waals surface area (Å²) >= 11 is 0. The lowest BCUT2D eigenvalue weighted by Gasteiger charge is -2.12. The molecule has 4 rings (SSSR count). The summed E-state index contributed by atoms with van der Waals surface area (Å²) in [6, 6.07) is 13.3. The SMILES string of the molecule is CCCCCc1ccc2c(c1)Cc1cc(-c3cc(F)c(C(F)(F)F)c(F)c3)ccc1-2. The molecule has 0 atom stereocenters. The van der Waals surface area contributed by atoms with Crippen molar-refractivity contribution in [3.8, 4) is 22.3 Å². The number of rotatable bonds is 5. The van der Waals surface area contributed by atoms with Crippen LogP contribution in [-0.2, 0) is 19.0 Å². The average molecular weight is 416 g/mol. The third-order valence-corrected chi connectivity index (χ3v) is 5.67. The highest BCUT2D eigenvalue weighted by molar-refractivity contribution is 5.80. The zero-order valence-corrected chi connectivity index (χ0v) is 16.5. The molecule has 0 bridgehead atoms. The predicted octanol–water partition coefficient (Wildman–Crippen LogP) is 7.95. The van der Waals surface area contributed by atoms with Gasteiger partial charge in [0, 0.05) is 0 Å². The van der Waals surface area contributed by atoms with Gasteiger partial charge in [-0.15, -0.1) is 0 Å². The van der Waals surface area contributed by atoms with Gasteiger partial charge in [-0.3, -0.25) is 0 Å². The van der Waals surface area contributed by atoms with Gasteiger partial charge in [-0.05, 0) is 70.3 Å². The fourth-order valence-corrected chi connectivity index (χ4v) is 4.19. The molecule has 0 N–H and O–H groups in total. The first-order valence-corrected chi connectivity index (χ1v) is 10.1. The third kappa shape index (κ3) is 3.85. The Hall–Kier alpha value is -2.69. The van der Waals surface area contributed by atoms with E-state index in [1.807, 2.05) is 12.1 Å². The molecular weight excluding hydrogens is 395 g/mol. The van der Waals surface area contributed by atoms with Crippen LogP contribution in [0.25, 0.3) is 22.3 Å². The predicted molar refractivity (Wildman–Crippen MR) is 108 cm³/mol. The van der Waals surface area contributed by atoms with Gasteiger partial charge < -0.3 is 0 Å². The van der Waals surface area contributed by atoms with Crippen LogP contribution in [0.2, 0.25) is 0 Å². The molecule has 0 spiro atoms. The first kappa shape index (κ1) is 20.6. The molecule has 0 heterocycles. The molecule has 156 valence electrons. The highest BCUT2D eigenvalue weighted by Gasteiger charge is 2.38. The van der Waals surface area contributed by atoms with E-state index in [1.165, 1.54) is 24.0 Å². The normalized spacial score (nSPS) is 12.7. The van der Waals surface area contributed by atoms with E-state index >= 15 is 0 Å². The second kappa shape index (κ2) is 7.86. The van der Waals surface area contributed by atoms with E-state index < -0.39 is 23.4 Å². The number of unbranched alkanes of at least 4 members (excludes halogenated alkanes) is 2. The van der Waals surface area contributed by atoms with Gasteiger partial charge in [0.15, 0.2) is 0 Å². The van der Waals surface area contributed by atoms with Crippen LogP contribution in [0.15, 0.2) is 48.5 Å². The van der Waals surface area contributed by atoms with Gasteiger partial charge >= 0.3 is 6.18 Å². The summed E-state index contributed by atoms with van der Waals surface area (Å²) in [6.45, 7) is 2.17. The molecular formula is C25H21F5. The monoisotopic (exact) mass is 416 g/mol. The Labute approximate surface area is 172 Å². The number of benzene rings is 3. The van der Waals surface area contributed by atoms with Crippen molar-refractivity contribution < 1.29 is 22.0 Å². The minimum atomic E-state index is -5.07. The van der Waals surface area contributed by atoms with Crippen LogP contribution in [0.1, 0.15) is 48.4 Å². The maximum Gasteiger partial charge on any atom is 0.422 e. The zero-order chi connectivity index (χ0) is 21.5. The summed E-state index contributed by atoms with van der Waals surface area (Å²) in [4.78, 5) is 0. The van der Waals surface area contributed by atoms with Gasteiger partial charge in [-0.2, -0.15) is 13.2 Å². The summed E-state index contributed by atoms with van der Waals surface area (Å²) in [5.41, 5.74) is 4.45. The van der Waals surface area contributed by atoms with Crippen molar-refractivity contribution in [3.05, 3.63) is 82.4 Å². The highest BCUT2D eigenvalue weighted by Crippen LogP contribution is 2.40. The largest absolute Gasteiger partial charge is 0.422 e. The van der Waals surface area contributed by atoms with E-state index in [4.69, 9.17) is 0 Å². The molecule has 0 aliphatic heterocycles.